The van der Waals surface area contributed by atoms with Crippen molar-refractivity contribution in [1.82, 2.24) is 4.98 Å². The molecule has 1 aromatic heterocycles. The number of nitrogens with zero attached hydrogens (tertiary/aromatic N) is 1. The Morgan fingerprint density at radius 3 is 2.52 bits per heavy atom. The van der Waals surface area contributed by atoms with Gasteiger partial charge in [0.25, 0.3) is 5.91 Å². The summed E-state index contributed by atoms with van der Waals surface area (Å²) in [6.07, 6.45) is 1.24. The highest BCUT2D eigenvalue weighted by atomic mass is 16.3. The number of carbonyl (C=O) groups is 2. The third kappa shape index (κ3) is 2.82. The Kier molecular flexibility index (Phi) is 3.64. The molecule has 2 amide bonds. The van der Waals surface area contributed by atoms with Crippen molar-refractivity contribution in [2.45, 2.75) is 0 Å². The number of amides is 2. The van der Waals surface area contributed by atoms with E-state index in [1.807, 2.05) is 18.2 Å². The molecule has 0 fully saturated rings. The first kappa shape index (κ1) is 14.5. The molecule has 0 bridgehead atoms. The van der Waals surface area contributed by atoms with Crippen LogP contribution in [0.25, 0.3) is 10.8 Å². The molecular formula is C17H13N3O3. The SMILES string of the molecule is NC(=O)c1ccc(C(=O)Nc2c(O)ccc3ccccc23)nc1. The predicted molar refractivity (Wildman–Crippen MR) is 86.3 cm³/mol. The molecule has 3 aromatic rings. The van der Waals surface area contributed by atoms with Gasteiger partial charge in [-0.15, -0.1) is 0 Å². The van der Waals surface area contributed by atoms with Crippen LogP contribution >= 0.6 is 0 Å². The van der Waals surface area contributed by atoms with Crippen LogP contribution < -0.4 is 11.1 Å². The summed E-state index contributed by atoms with van der Waals surface area (Å²) in [6.45, 7) is 0. The van der Waals surface area contributed by atoms with Crippen molar-refractivity contribution in [3.8, 4) is 5.75 Å². The average molecular weight is 307 g/mol. The number of phenolic OH excluding ortho intramolecular Hbond substituents is 1. The van der Waals surface area contributed by atoms with Crippen molar-refractivity contribution >= 4 is 28.3 Å². The first-order chi connectivity index (χ1) is 11.1. The van der Waals surface area contributed by atoms with Gasteiger partial charge in [-0.1, -0.05) is 30.3 Å². The summed E-state index contributed by atoms with van der Waals surface area (Å²) in [5.74, 6) is -1.14. The minimum absolute atomic E-state index is 0.0363. The molecule has 0 saturated carbocycles. The molecule has 6 nitrogen and oxygen atoms in total. The number of primary amides is 1. The van der Waals surface area contributed by atoms with E-state index in [0.717, 1.165) is 10.8 Å². The van der Waals surface area contributed by atoms with Crippen LogP contribution in [-0.2, 0) is 0 Å². The molecule has 4 N–H and O–H groups in total. The normalized spacial score (nSPS) is 10.4. The van der Waals surface area contributed by atoms with Crippen LogP contribution in [0.5, 0.6) is 5.75 Å². The second kappa shape index (κ2) is 5.76. The summed E-state index contributed by atoms with van der Waals surface area (Å²) < 4.78 is 0. The van der Waals surface area contributed by atoms with Crippen LogP contribution in [-0.4, -0.2) is 21.9 Å². The molecule has 6 heteroatoms. The summed E-state index contributed by atoms with van der Waals surface area (Å²) in [6, 6.07) is 13.5. The average Bonchev–Trinajstić information content (AvgIpc) is 2.57. The number of aromatic hydroxyl groups is 1. The quantitative estimate of drug-likeness (QED) is 0.645. The largest absolute Gasteiger partial charge is 0.506 e. The Balaban J connectivity index is 1.94. The van der Waals surface area contributed by atoms with Gasteiger partial charge in [0.1, 0.15) is 11.4 Å². The molecule has 114 valence electrons. The number of aromatic nitrogens is 1. The minimum Gasteiger partial charge on any atom is -0.506 e. The maximum absolute atomic E-state index is 12.3. The molecule has 0 aliphatic rings. The van der Waals surface area contributed by atoms with Gasteiger partial charge in [0.15, 0.2) is 0 Å². The van der Waals surface area contributed by atoms with Crippen molar-refractivity contribution in [2.24, 2.45) is 5.73 Å². The number of phenols is 1. The number of carbonyl (C=O) groups excluding carboxylic acids is 2. The molecule has 0 spiro atoms. The Labute approximate surface area is 131 Å². The monoisotopic (exact) mass is 307 g/mol. The number of rotatable bonds is 3. The van der Waals surface area contributed by atoms with Crippen LogP contribution in [0.2, 0.25) is 0 Å². The lowest BCUT2D eigenvalue weighted by Gasteiger charge is -2.10. The molecule has 0 saturated heterocycles. The summed E-state index contributed by atoms with van der Waals surface area (Å²) in [5, 5.41) is 14.3. The first-order valence-corrected chi connectivity index (χ1v) is 6.84. The molecular weight excluding hydrogens is 294 g/mol. The summed E-state index contributed by atoms with van der Waals surface area (Å²) in [4.78, 5) is 27.2. The zero-order valence-electron chi connectivity index (χ0n) is 12.0. The highest BCUT2D eigenvalue weighted by molar-refractivity contribution is 6.10. The fourth-order valence-corrected chi connectivity index (χ4v) is 2.24. The highest BCUT2D eigenvalue weighted by Crippen LogP contribution is 2.32. The summed E-state index contributed by atoms with van der Waals surface area (Å²) >= 11 is 0. The van der Waals surface area contributed by atoms with Crippen LogP contribution in [0.15, 0.2) is 54.7 Å². The smallest absolute Gasteiger partial charge is 0.274 e. The lowest BCUT2D eigenvalue weighted by atomic mass is 10.1. The van der Waals surface area contributed by atoms with Gasteiger partial charge in [-0.2, -0.15) is 0 Å². The third-order valence-corrected chi connectivity index (χ3v) is 3.43. The molecule has 0 atom stereocenters. The van der Waals surface area contributed by atoms with Crippen molar-refractivity contribution < 1.29 is 14.7 Å². The van der Waals surface area contributed by atoms with Gasteiger partial charge >= 0.3 is 0 Å². The summed E-state index contributed by atoms with van der Waals surface area (Å²) in [5.41, 5.74) is 5.78. The van der Waals surface area contributed by atoms with Gasteiger partial charge in [-0.05, 0) is 23.6 Å². The molecule has 2 aromatic carbocycles. The lowest BCUT2D eigenvalue weighted by molar-refractivity contribution is 0.0993. The number of benzene rings is 2. The van der Waals surface area contributed by atoms with Crippen LogP contribution in [0.4, 0.5) is 5.69 Å². The van der Waals surface area contributed by atoms with Crippen molar-refractivity contribution in [3.63, 3.8) is 0 Å². The number of fused-ring (bicyclic) bond motifs is 1. The number of hydrogen-bond acceptors (Lipinski definition) is 4. The number of anilines is 1. The fraction of sp³-hybridized carbons (Fsp3) is 0. The van der Waals surface area contributed by atoms with Crippen molar-refractivity contribution in [3.05, 3.63) is 66.0 Å². The van der Waals surface area contributed by atoms with Gasteiger partial charge in [0.2, 0.25) is 5.91 Å². The van der Waals surface area contributed by atoms with E-state index in [1.54, 1.807) is 12.1 Å². The van der Waals surface area contributed by atoms with Crippen LogP contribution in [0.1, 0.15) is 20.8 Å². The third-order valence-electron chi connectivity index (χ3n) is 3.43. The van der Waals surface area contributed by atoms with Crippen LogP contribution in [0, 0.1) is 0 Å². The zero-order valence-corrected chi connectivity index (χ0v) is 12.0. The molecule has 3 rings (SSSR count). The molecule has 1 heterocycles. The van der Waals surface area contributed by atoms with Gasteiger partial charge in [-0.3, -0.25) is 14.6 Å². The van der Waals surface area contributed by atoms with E-state index in [2.05, 4.69) is 10.3 Å². The van der Waals surface area contributed by atoms with E-state index >= 15 is 0 Å². The first-order valence-electron chi connectivity index (χ1n) is 6.84. The Morgan fingerprint density at radius 1 is 1.04 bits per heavy atom. The van der Waals surface area contributed by atoms with Gasteiger partial charge in [0, 0.05) is 11.6 Å². The van der Waals surface area contributed by atoms with Crippen molar-refractivity contribution in [1.29, 1.82) is 0 Å². The Hall–Kier alpha value is -3.41. The topological polar surface area (TPSA) is 105 Å². The molecule has 0 unspecified atom stereocenters. The molecule has 23 heavy (non-hydrogen) atoms. The predicted octanol–water partition coefficient (Wildman–Crippen LogP) is 2.29. The maximum Gasteiger partial charge on any atom is 0.274 e. The van der Waals surface area contributed by atoms with E-state index in [0.29, 0.717) is 5.69 Å². The van der Waals surface area contributed by atoms with Crippen LogP contribution in [0.3, 0.4) is 0 Å². The van der Waals surface area contributed by atoms with E-state index in [4.69, 9.17) is 5.73 Å². The second-order valence-corrected chi connectivity index (χ2v) is 4.93. The standard InChI is InChI=1S/C17H13N3O3/c18-16(22)11-5-7-13(19-9-11)17(23)20-15-12-4-2-1-3-10(12)6-8-14(15)21/h1-9,21H,(H2,18,22)(H,20,23). The van der Waals surface area contributed by atoms with E-state index in [-0.39, 0.29) is 17.0 Å². The van der Waals surface area contributed by atoms with E-state index < -0.39 is 11.8 Å². The minimum atomic E-state index is -0.615. The molecule has 0 radical (unpaired) electrons. The number of nitrogens with two attached hydrogens (primary N) is 1. The number of nitrogens with one attached hydrogen (secondary N) is 1. The maximum atomic E-state index is 12.3. The zero-order chi connectivity index (χ0) is 16.4. The molecule has 0 aliphatic heterocycles. The van der Waals surface area contributed by atoms with Gasteiger partial charge in [-0.25, -0.2) is 0 Å². The van der Waals surface area contributed by atoms with E-state index in [9.17, 15) is 14.7 Å². The number of hydrogen-bond donors (Lipinski definition) is 3. The van der Waals surface area contributed by atoms with E-state index in [1.165, 1.54) is 24.4 Å². The summed E-state index contributed by atoms with van der Waals surface area (Å²) in [7, 11) is 0. The van der Waals surface area contributed by atoms with Gasteiger partial charge < -0.3 is 16.2 Å². The Morgan fingerprint density at radius 2 is 1.83 bits per heavy atom. The lowest BCUT2D eigenvalue weighted by Crippen LogP contribution is -2.16. The Bertz CT molecular complexity index is 905. The fourth-order valence-electron chi connectivity index (χ4n) is 2.24. The molecule has 0 aliphatic carbocycles. The highest BCUT2D eigenvalue weighted by Gasteiger charge is 2.13. The second-order valence-electron chi connectivity index (χ2n) is 4.93. The van der Waals surface area contributed by atoms with Gasteiger partial charge in [0.05, 0.1) is 11.3 Å². The van der Waals surface area contributed by atoms with Crippen molar-refractivity contribution in [2.75, 3.05) is 5.32 Å². The number of pyridine rings is 1.